The molecule has 0 aliphatic carbocycles. The van der Waals surface area contributed by atoms with E-state index in [0.717, 1.165) is 12.2 Å². The van der Waals surface area contributed by atoms with E-state index < -0.39 is 0 Å². The predicted molar refractivity (Wildman–Crippen MR) is 119 cm³/mol. The SMILES string of the molecule is O=C(Nc1ccccc1)c1ccc(C[NH2+][C@@H](c2ccccc2)c2cccs2)cc1. The minimum absolute atomic E-state index is 0.0903. The van der Waals surface area contributed by atoms with Gasteiger partial charge in [0.2, 0.25) is 0 Å². The van der Waals surface area contributed by atoms with Crippen molar-refractivity contribution in [2.24, 2.45) is 0 Å². The summed E-state index contributed by atoms with van der Waals surface area (Å²) >= 11 is 1.78. The van der Waals surface area contributed by atoms with Gasteiger partial charge < -0.3 is 10.6 Å². The number of para-hydroxylation sites is 1. The molecule has 0 spiro atoms. The number of amides is 1. The molecule has 0 unspecified atom stereocenters. The minimum atomic E-state index is -0.0903. The van der Waals surface area contributed by atoms with Gasteiger partial charge in [-0.3, -0.25) is 4.79 Å². The fraction of sp³-hybridized carbons (Fsp3) is 0.0800. The van der Waals surface area contributed by atoms with Crippen LogP contribution in [0.4, 0.5) is 5.69 Å². The number of benzene rings is 3. The van der Waals surface area contributed by atoms with Gasteiger partial charge in [-0.1, -0.05) is 66.7 Å². The van der Waals surface area contributed by atoms with E-state index in [2.05, 4.69) is 52.4 Å². The Morgan fingerprint density at radius 3 is 2.17 bits per heavy atom. The Morgan fingerprint density at radius 2 is 1.52 bits per heavy atom. The van der Waals surface area contributed by atoms with Crippen molar-refractivity contribution in [3.63, 3.8) is 0 Å². The molecule has 0 saturated heterocycles. The smallest absolute Gasteiger partial charge is 0.255 e. The topological polar surface area (TPSA) is 45.7 Å². The molecule has 0 bridgehead atoms. The van der Waals surface area contributed by atoms with Crippen LogP contribution in [0.2, 0.25) is 0 Å². The van der Waals surface area contributed by atoms with Crippen molar-refractivity contribution in [1.29, 1.82) is 0 Å². The van der Waals surface area contributed by atoms with Crippen LogP contribution >= 0.6 is 11.3 Å². The number of quaternary nitrogens is 1. The summed E-state index contributed by atoms with van der Waals surface area (Å²) in [5.41, 5.74) is 3.96. The molecular formula is C25H23N2OS+. The molecule has 0 saturated carbocycles. The molecule has 1 aromatic heterocycles. The van der Waals surface area contributed by atoms with Gasteiger partial charge in [0.25, 0.3) is 5.91 Å². The van der Waals surface area contributed by atoms with E-state index in [1.54, 1.807) is 11.3 Å². The Bertz CT molecular complexity index is 1030. The second-order valence-electron chi connectivity index (χ2n) is 6.86. The number of carbonyl (C=O) groups is 1. The maximum atomic E-state index is 12.4. The number of hydrogen-bond acceptors (Lipinski definition) is 2. The second kappa shape index (κ2) is 9.32. The summed E-state index contributed by atoms with van der Waals surface area (Å²) in [5, 5.41) is 7.39. The van der Waals surface area contributed by atoms with Gasteiger partial charge in [-0.25, -0.2) is 0 Å². The maximum Gasteiger partial charge on any atom is 0.255 e. The van der Waals surface area contributed by atoms with E-state index in [1.165, 1.54) is 16.0 Å². The number of rotatable bonds is 7. The van der Waals surface area contributed by atoms with Crippen molar-refractivity contribution in [2.75, 3.05) is 5.32 Å². The number of nitrogens with one attached hydrogen (secondary N) is 1. The number of anilines is 1. The fourth-order valence-corrected chi connectivity index (χ4v) is 4.17. The van der Waals surface area contributed by atoms with Crippen molar-refractivity contribution >= 4 is 22.9 Å². The van der Waals surface area contributed by atoms with Gasteiger partial charge in [-0.05, 0) is 35.7 Å². The standard InChI is InChI=1S/C25H22N2OS/c28-25(27-22-10-5-2-6-11-22)21-15-13-19(14-16-21)18-26-24(23-12-7-17-29-23)20-8-3-1-4-9-20/h1-17,24,26H,18H2,(H,27,28)/p+1/t24-/m0/s1. The highest BCUT2D eigenvalue weighted by Crippen LogP contribution is 2.22. The van der Waals surface area contributed by atoms with Crippen LogP contribution in [0.3, 0.4) is 0 Å². The van der Waals surface area contributed by atoms with E-state index in [0.29, 0.717) is 5.56 Å². The summed E-state index contributed by atoms with van der Waals surface area (Å²) in [6.07, 6.45) is 0. The number of hydrogen-bond donors (Lipinski definition) is 2. The van der Waals surface area contributed by atoms with E-state index in [1.807, 2.05) is 60.7 Å². The molecule has 1 heterocycles. The third-order valence-electron chi connectivity index (χ3n) is 4.85. The molecule has 1 atom stereocenters. The van der Waals surface area contributed by atoms with Crippen LogP contribution in [-0.2, 0) is 6.54 Å². The Balaban J connectivity index is 1.42. The first-order chi connectivity index (χ1) is 14.3. The summed E-state index contributed by atoms with van der Waals surface area (Å²) < 4.78 is 0. The van der Waals surface area contributed by atoms with Crippen molar-refractivity contribution in [3.05, 3.63) is 124 Å². The van der Waals surface area contributed by atoms with E-state index in [4.69, 9.17) is 0 Å². The maximum absolute atomic E-state index is 12.4. The zero-order valence-corrected chi connectivity index (χ0v) is 16.8. The zero-order valence-electron chi connectivity index (χ0n) is 16.0. The molecule has 4 heteroatoms. The van der Waals surface area contributed by atoms with Crippen LogP contribution in [0, 0.1) is 0 Å². The fourth-order valence-electron chi connectivity index (χ4n) is 3.32. The van der Waals surface area contributed by atoms with Crippen molar-refractivity contribution in [1.82, 2.24) is 0 Å². The van der Waals surface area contributed by atoms with E-state index in [9.17, 15) is 4.79 Å². The van der Waals surface area contributed by atoms with Crippen molar-refractivity contribution in [2.45, 2.75) is 12.6 Å². The van der Waals surface area contributed by atoms with Crippen LogP contribution in [0.5, 0.6) is 0 Å². The van der Waals surface area contributed by atoms with Gasteiger partial charge in [0.15, 0.2) is 0 Å². The van der Waals surface area contributed by atoms with E-state index in [-0.39, 0.29) is 11.9 Å². The Labute approximate surface area is 175 Å². The normalized spacial score (nSPS) is 11.7. The van der Waals surface area contributed by atoms with Gasteiger partial charge in [0.1, 0.15) is 12.6 Å². The molecule has 0 radical (unpaired) electrons. The Kier molecular flexibility index (Phi) is 6.15. The summed E-state index contributed by atoms with van der Waals surface area (Å²) in [7, 11) is 0. The largest absolute Gasteiger partial charge is 0.332 e. The molecule has 144 valence electrons. The lowest BCUT2D eigenvalue weighted by atomic mass is 10.0. The lowest BCUT2D eigenvalue weighted by molar-refractivity contribution is -0.701. The lowest BCUT2D eigenvalue weighted by Crippen LogP contribution is -2.83. The first-order valence-corrected chi connectivity index (χ1v) is 10.5. The Morgan fingerprint density at radius 1 is 0.828 bits per heavy atom. The van der Waals surface area contributed by atoms with E-state index >= 15 is 0 Å². The molecule has 29 heavy (non-hydrogen) atoms. The van der Waals surface area contributed by atoms with Crippen molar-refractivity contribution in [3.8, 4) is 0 Å². The van der Waals surface area contributed by atoms with Crippen LogP contribution in [-0.4, -0.2) is 5.91 Å². The molecule has 1 amide bonds. The Hall–Kier alpha value is -3.21. The monoisotopic (exact) mass is 399 g/mol. The zero-order chi connectivity index (χ0) is 19.9. The lowest BCUT2D eigenvalue weighted by Gasteiger charge is -2.15. The molecule has 0 aliphatic rings. The third kappa shape index (κ3) is 4.99. The summed E-state index contributed by atoms with van der Waals surface area (Å²) in [5.74, 6) is -0.0903. The highest BCUT2D eigenvalue weighted by Gasteiger charge is 2.18. The second-order valence-corrected chi connectivity index (χ2v) is 7.84. The molecule has 4 aromatic rings. The van der Waals surface area contributed by atoms with Gasteiger partial charge in [0.05, 0.1) is 4.88 Å². The van der Waals surface area contributed by atoms with Gasteiger partial charge in [-0.2, -0.15) is 0 Å². The van der Waals surface area contributed by atoms with Gasteiger partial charge >= 0.3 is 0 Å². The third-order valence-corrected chi connectivity index (χ3v) is 5.80. The van der Waals surface area contributed by atoms with Crippen molar-refractivity contribution < 1.29 is 10.1 Å². The molecule has 0 aliphatic heterocycles. The first kappa shape index (κ1) is 19.1. The number of thiophene rings is 1. The van der Waals surface area contributed by atoms with Gasteiger partial charge in [0, 0.05) is 22.4 Å². The molecule has 3 aromatic carbocycles. The number of nitrogens with two attached hydrogens (primary N) is 1. The molecule has 3 N–H and O–H groups in total. The summed E-state index contributed by atoms with van der Waals surface area (Å²) in [4.78, 5) is 13.8. The van der Waals surface area contributed by atoms with Crippen LogP contribution < -0.4 is 10.6 Å². The minimum Gasteiger partial charge on any atom is -0.332 e. The predicted octanol–water partition coefficient (Wildman–Crippen LogP) is 4.85. The van der Waals surface area contributed by atoms with Crippen LogP contribution in [0.1, 0.15) is 32.4 Å². The number of carbonyl (C=O) groups excluding carboxylic acids is 1. The first-order valence-electron chi connectivity index (χ1n) is 9.66. The highest BCUT2D eigenvalue weighted by atomic mass is 32.1. The highest BCUT2D eigenvalue weighted by molar-refractivity contribution is 7.10. The average molecular weight is 400 g/mol. The van der Waals surface area contributed by atoms with Crippen LogP contribution in [0.25, 0.3) is 0 Å². The molecule has 4 rings (SSSR count). The quantitative estimate of drug-likeness (QED) is 0.458. The average Bonchev–Trinajstić information content (AvgIpc) is 3.30. The van der Waals surface area contributed by atoms with Crippen LogP contribution in [0.15, 0.2) is 102 Å². The summed E-state index contributed by atoms with van der Waals surface area (Å²) in [6, 6.07) is 32.5. The van der Waals surface area contributed by atoms with Gasteiger partial charge in [-0.15, -0.1) is 11.3 Å². The molecular weight excluding hydrogens is 376 g/mol. The summed E-state index contributed by atoms with van der Waals surface area (Å²) in [6.45, 7) is 0.845. The molecule has 3 nitrogen and oxygen atoms in total. The molecule has 0 fully saturated rings.